The first-order chi connectivity index (χ1) is 10.0. The average Bonchev–Trinajstić information content (AvgIpc) is 3.06. The lowest BCUT2D eigenvalue weighted by atomic mass is 10.1. The van der Waals surface area contributed by atoms with E-state index in [4.69, 9.17) is 27.6 Å². The summed E-state index contributed by atoms with van der Waals surface area (Å²) in [6.07, 6.45) is 0. The number of nitrogens with zero attached hydrogens (tertiary/aromatic N) is 1. The minimum absolute atomic E-state index is 0.135. The van der Waals surface area contributed by atoms with E-state index >= 15 is 0 Å². The molecule has 0 saturated heterocycles. The summed E-state index contributed by atoms with van der Waals surface area (Å²) in [5.74, 6) is -0.781. The Kier molecular flexibility index (Phi) is 3.71. The molecular formula is C14H7Cl2NO3S. The molecule has 0 fully saturated rings. The molecule has 106 valence electrons. The van der Waals surface area contributed by atoms with Crippen LogP contribution >= 0.6 is 34.5 Å². The maximum atomic E-state index is 11.4. The molecule has 0 aliphatic carbocycles. The number of halogens is 2. The highest BCUT2D eigenvalue weighted by molar-refractivity contribution is 7.13. The van der Waals surface area contributed by atoms with Gasteiger partial charge in [-0.3, -0.25) is 0 Å². The van der Waals surface area contributed by atoms with E-state index in [0.29, 0.717) is 15.6 Å². The second-order valence-corrected chi connectivity index (χ2v) is 5.96. The Labute approximate surface area is 133 Å². The van der Waals surface area contributed by atoms with Gasteiger partial charge in [0.15, 0.2) is 11.5 Å². The summed E-state index contributed by atoms with van der Waals surface area (Å²) in [6, 6.07) is 8.36. The van der Waals surface area contributed by atoms with Crippen LogP contribution in [0.1, 0.15) is 10.5 Å². The van der Waals surface area contributed by atoms with Gasteiger partial charge in [0.25, 0.3) is 0 Å². The number of thiophene rings is 1. The number of hydrogen-bond donors (Lipinski definition) is 1. The van der Waals surface area contributed by atoms with Gasteiger partial charge in [-0.15, -0.1) is 11.3 Å². The number of carboxylic acids is 1. The van der Waals surface area contributed by atoms with Crippen LogP contribution in [0.4, 0.5) is 0 Å². The molecule has 2 aromatic heterocycles. The molecule has 0 saturated carbocycles. The topological polar surface area (TPSA) is 63.3 Å². The molecular weight excluding hydrogens is 333 g/mol. The lowest BCUT2D eigenvalue weighted by Gasteiger charge is -2.00. The Hall–Kier alpha value is -1.82. The van der Waals surface area contributed by atoms with Crippen LogP contribution < -0.4 is 0 Å². The van der Waals surface area contributed by atoms with Gasteiger partial charge in [-0.1, -0.05) is 29.3 Å². The van der Waals surface area contributed by atoms with Gasteiger partial charge in [-0.2, -0.15) is 0 Å². The largest absolute Gasteiger partial charge is 0.476 e. The third kappa shape index (κ3) is 2.81. The molecule has 1 aromatic carbocycles. The first-order valence-electron chi connectivity index (χ1n) is 5.79. The van der Waals surface area contributed by atoms with Crippen molar-refractivity contribution in [2.75, 3.05) is 0 Å². The van der Waals surface area contributed by atoms with E-state index in [1.165, 1.54) is 11.3 Å². The van der Waals surface area contributed by atoms with E-state index in [0.717, 1.165) is 4.88 Å². The molecule has 0 aliphatic heterocycles. The van der Waals surface area contributed by atoms with E-state index in [2.05, 4.69) is 4.98 Å². The molecule has 0 radical (unpaired) electrons. The van der Waals surface area contributed by atoms with Crippen molar-refractivity contribution in [2.24, 2.45) is 0 Å². The number of benzene rings is 1. The Morgan fingerprint density at radius 3 is 2.52 bits per heavy atom. The van der Waals surface area contributed by atoms with Crippen molar-refractivity contribution < 1.29 is 14.3 Å². The minimum Gasteiger partial charge on any atom is -0.476 e. The first-order valence-corrected chi connectivity index (χ1v) is 7.42. The SMILES string of the molecule is O=C(O)c1nc(-c2cccs2)oc1-c1cc(Cl)cc(Cl)c1. The molecule has 0 bridgehead atoms. The maximum absolute atomic E-state index is 11.4. The van der Waals surface area contributed by atoms with E-state index in [1.807, 2.05) is 11.4 Å². The Bertz CT molecular complexity index is 791. The van der Waals surface area contributed by atoms with Crippen LogP contribution in [0.25, 0.3) is 22.1 Å². The van der Waals surface area contributed by atoms with Crippen LogP contribution in [0, 0.1) is 0 Å². The lowest BCUT2D eigenvalue weighted by Crippen LogP contribution is -1.98. The average molecular weight is 340 g/mol. The summed E-state index contributed by atoms with van der Waals surface area (Å²) < 4.78 is 5.62. The Morgan fingerprint density at radius 1 is 1.24 bits per heavy atom. The molecule has 0 unspecified atom stereocenters. The third-order valence-electron chi connectivity index (χ3n) is 2.69. The van der Waals surface area contributed by atoms with Gasteiger partial charge in [-0.05, 0) is 29.6 Å². The Morgan fingerprint density at radius 2 is 1.95 bits per heavy atom. The molecule has 0 aliphatic rings. The number of aromatic nitrogens is 1. The molecule has 0 amide bonds. The third-order valence-corrected chi connectivity index (χ3v) is 3.98. The number of rotatable bonds is 3. The summed E-state index contributed by atoms with van der Waals surface area (Å²) in [7, 11) is 0. The highest BCUT2D eigenvalue weighted by Crippen LogP contribution is 2.34. The van der Waals surface area contributed by atoms with Crippen molar-refractivity contribution >= 4 is 40.5 Å². The van der Waals surface area contributed by atoms with Gasteiger partial charge >= 0.3 is 5.97 Å². The van der Waals surface area contributed by atoms with Gasteiger partial charge in [0.05, 0.1) is 4.88 Å². The lowest BCUT2D eigenvalue weighted by molar-refractivity contribution is 0.0691. The van der Waals surface area contributed by atoms with Crippen LogP contribution in [0.15, 0.2) is 40.1 Å². The fourth-order valence-corrected chi connectivity index (χ4v) is 3.03. The van der Waals surface area contributed by atoms with Crippen molar-refractivity contribution in [3.05, 3.63) is 51.5 Å². The summed E-state index contributed by atoms with van der Waals surface area (Å²) in [4.78, 5) is 16.2. The van der Waals surface area contributed by atoms with E-state index in [1.54, 1.807) is 24.3 Å². The van der Waals surface area contributed by atoms with Gasteiger partial charge < -0.3 is 9.52 Å². The smallest absolute Gasteiger partial charge is 0.358 e. The normalized spacial score (nSPS) is 10.8. The highest BCUT2D eigenvalue weighted by atomic mass is 35.5. The predicted octanol–water partition coefficient (Wildman–Crippen LogP) is 5.08. The number of hydrogen-bond acceptors (Lipinski definition) is 4. The fraction of sp³-hybridized carbons (Fsp3) is 0. The second-order valence-electron chi connectivity index (χ2n) is 4.14. The van der Waals surface area contributed by atoms with Gasteiger partial charge in [-0.25, -0.2) is 9.78 Å². The molecule has 4 nitrogen and oxygen atoms in total. The number of oxazole rings is 1. The van der Waals surface area contributed by atoms with Crippen LogP contribution in [-0.2, 0) is 0 Å². The predicted molar refractivity (Wildman–Crippen MR) is 82.2 cm³/mol. The molecule has 0 spiro atoms. The zero-order chi connectivity index (χ0) is 15.0. The quantitative estimate of drug-likeness (QED) is 0.723. The van der Waals surface area contributed by atoms with Crippen LogP contribution in [0.5, 0.6) is 0 Å². The monoisotopic (exact) mass is 339 g/mol. The summed E-state index contributed by atoms with van der Waals surface area (Å²) >= 11 is 13.3. The standard InChI is InChI=1S/C14H7Cl2NO3S/c15-8-4-7(5-9(16)6-8)12-11(14(18)19)17-13(20-12)10-2-1-3-21-10/h1-6H,(H,18,19). The van der Waals surface area contributed by atoms with E-state index in [-0.39, 0.29) is 17.3 Å². The van der Waals surface area contributed by atoms with Gasteiger partial charge in [0.2, 0.25) is 5.89 Å². The number of carboxylic acid groups (broad SMARTS) is 1. The van der Waals surface area contributed by atoms with Crippen molar-refractivity contribution in [2.45, 2.75) is 0 Å². The fourth-order valence-electron chi connectivity index (χ4n) is 1.85. The van der Waals surface area contributed by atoms with Crippen LogP contribution in [0.3, 0.4) is 0 Å². The van der Waals surface area contributed by atoms with Crippen molar-refractivity contribution in [3.8, 4) is 22.1 Å². The van der Waals surface area contributed by atoms with Crippen molar-refractivity contribution in [3.63, 3.8) is 0 Å². The first kappa shape index (κ1) is 14.1. The molecule has 3 aromatic rings. The molecule has 2 heterocycles. The van der Waals surface area contributed by atoms with Gasteiger partial charge in [0.1, 0.15) is 0 Å². The van der Waals surface area contributed by atoms with Crippen LogP contribution in [-0.4, -0.2) is 16.1 Å². The summed E-state index contributed by atoms with van der Waals surface area (Å²) in [5.41, 5.74) is 0.303. The van der Waals surface area contributed by atoms with E-state index in [9.17, 15) is 9.90 Å². The number of aromatic carboxylic acids is 1. The molecule has 21 heavy (non-hydrogen) atoms. The van der Waals surface area contributed by atoms with E-state index < -0.39 is 5.97 Å². The minimum atomic E-state index is -1.17. The molecule has 7 heteroatoms. The van der Waals surface area contributed by atoms with Gasteiger partial charge in [0, 0.05) is 15.6 Å². The Balaban J connectivity index is 2.19. The molecule has 0 atom stereocenters. The van der Waals surface area contributed by atoms with Crippen LogP contribution in [0.2, 0.25) is 10.0 Å². The zero-order valence-corrected chi connectivity index (χ0v) is 12.7. The molecule has 3 rings (SSSR count). The summed E-state index contributed by atoms with van der Waals surface area (Å²) in [6.45, 7) is 0. The van der Waals surface area contributed by atoms with Crippen molar-refractivity contribution in [1.82, 2.24) is 4.98 Å². The van der Waals surface area contributed by atoms with Crippen molar-refractivity contribution in [1.29, 1.82) is 0 Å². The summed E-state index contributed by atoms with van der Waals surface area (Å²) in [5, 5.41) is 11.9. The maximum Gasteiger partial charge on any atom is 0.358 e. The number of carbonyl (C=O) groups is 1. The highest BCUT2D eigenvalue weighted by Gasteiger charge is 2.22. The second kappa shape index (κ2) is 5.52. The zero-order valence-electron chi connectivity index (χ0n) is 10.3. The molecule has 1 N–H and O–H groups in total.